The first-order valence-corrected chi connectivity index (χ1v) is 16.3. The van der Waals surface area contributed by atoms with Crippen LogP contribution in [0.5, 0.6) is 0 Å². The number of nitrogens with one attached hydrogen (secondary N) is 2. The summed E-state index contributed by atoms with van der Waals surface area (Å²) in [7, 11) is 0. The monoisotopic (exact) mass is 711 g/mol. The van der Waals surface area contributed by atoms with E-state index in [0.717, 1.165) is 5.56 Å². The van der Waals surface area contributed by atoms with E-state index < -0.39 is 59.8 Å². The van der Waals surface area contributed by atoms with E-state index in [1.54, 1.807) is 92.7 Å². The molecule has 0 radical (unpaired) electrons. The van der Waals surface area contributed by atoms with Crippen molar-refractivity contribution in [2.45, 2.75) is 57.7 Å². The van der Waals surface area contributed by atoms with Crippen LogP contribution in [-0.4, -0.2) is 40.7 Å². The van der Waals surface area contributed by atoms with Crippen LogP contribution in [0, 0.1) is 22.5 Å². The highest BCUT2D eigenvalue weighted by Gasteiger charge is 2.50. The van der Waals surface area contributed by atoms with Gasteiger partial charge in [0.15, 0.2) is 12.0 Å². The number of nitrogens with zero attached hydrogens (tertiary/aromatic N) is 2. The number of esters is 2. The standard InChI is InChI=1S/C39H36F3N5O5/c1-25(2)46-32-19-18-27(17-16-26-10-9-11-28(20-26)23-45-38(43)44)21-31(32)24-47(51,35(36(46)49)30-14-7-4-8-15-30)33(29-12-5-3-6-13-29)22-34(48)52-37(50)39(40,41)42/h3-15,18-21,25,33,35H,22-24H2,1-2H3,(H4,43,44,45). The van der Waals surface area contributed by atoms with Crippen molar-refractivity contribution in [3.8, 4) is 11.8 Å². The molecule has 5 rings (SSSR count). The maximum Gasteiger partial charge on any atom is 0.491 e. The summed E-state index contributed by atoms with van der Waals surface area (Å²) in [5.74, 6) is 1.21. The van der Waals surface area contributed by atoms with Crippen molar-refractivity contribution in [1.82, 2.24) is 5.32 Å². The fourth-order valence-electron chi connectivity index (χ4n) is 6.33. The number of carbonyl (C=O) groups is 3. The highest BCUT2D eigenvalue weighted by Crippen LogP contribution is 2.47. The summed E-state index contributed by atoms with van der Waals surface area (Å²) in [6.07, 6.45) is -6.37. The lowest BCUT2D eigenvalue weighted by Gasteiger charge is -2.52. The Bertz CT molecular complexity index is 2030. The number of hydrogen-bond donors (Lipinski definition) is 3. The first-order chi connectivity index (χ1) is 24.7. The van der Waals surface area contributed by atoms with Gasteiger partial charge >= 0.3 is 18.1 Å². The lowest BCUT2D eigenvalue weighted by molar-refractivity contribution is -0.943. The molecule has 3 atom stereocenters. The maximum absolute atomic E-state index is 15.9. The molecule has 0 saturated heterocycles. The zero-order chi connectivity index (χ0) is 37.6. The first kappa shape index (κ1) is 37.3. The number of fused-ring (bicyclic) bond motifs is 1. The molecule has 1 aliphatic heterocycles. The number of amides is 1. The number of benzene rings is 4. The van der Waals surface area contributed by atoms with Gasteiger partial charge < -0.3 is 30.5 Å². The van der Waals surface area contributed by atoms with E-state index >= 15 is 5.21 Å². The third-order valence-electron chi connectivity index (χ3n) is 8.57. The molecule has 0 aromatic heterocycles. The quantitative estimate of drug-likeness (QED) is 0.0378. The molecule has 10 nitrogen and oxygen atoms in total. The Morgan fingerprint density at radius 1 is 0.981 bits per heavy atom. The Labute approximate surface area is 298 Å². The first-order valence-electron chi connectivity index (χ1n) is 16.3. The summed E-state index contributed by atoms with van der Waals surface area (Å²) < 4.78 is 42.0. The summed E-state index contributed by atoms with van der Waals surface area (Å²) in [6, 6.07) is 25.3. The smallest absolute Gasteiger partial charge is 0.491 e. The highest BCUT2D eigenvalue weighted by molar-refractivity contribution is 5.99. The van der Waals surface area contributed by atoms with Gasteiger partial charge in [-0.25, -0.2) is 4.79 Å². The minimum atomic E-state index is -5.44. The van der Waals surface area contributed by atoms with Gasteiger partial charge in [-0.05, 0) is 49.7 Å². The Hall–Kier alpha value is -5.97. The minimum Gasteiger partial charge on any atom is -0.631 e. The van der Waals surface area contributed by atoms with Crippen molar-refractivity contribution in [1.29, 1.82) is 5.41 Å². The number of halogens is 3. The lowest BCUT2D eigenvalue weighted by Crippen LogP contribution is -2.53. The molecule has 13 heteroatoms. The summed E-state index contributed by atoms with van der Waals surface area (Å²) in [5, 5.41) is 26.0. The molecule has 0 saturated carbocycles. The number of carbonyl (C=O) groups excluding carboxylic acids is 3. The average molecular weight is 712 g/mol. The second-order valence-electron chi connectivity index (χ2n) is 12.6. The minimum absolute atomic E-state index is 0.168. The molecule has 4 N–H and O–H groups in total. The maximum atomic E-state index is 15.9. The average Bonchev–Trinajstić information content (AvgIpc) is 3.20. The lowest BCUT2D eigenvalue weighted by atomic mass is 9.94. The van der Waals surface area contributed by atoms with Crippen LogP contribution in [0.1, 0.15) is 65.7 Å². The highest BCUT2D eigenvalue weighted by atomic mass is 19.4. The second kappa shape index (κ2) is 15.5. The number of nitrogens with two attached hydrogens (primary N) is 1. The number of quaternary nitrogens is 1. The summed E-state index contributed by atoms with van der Waals surface area (Å²) in [4.78, 5) is 41.0. The van der Waals surface area contributed by atoms with E-state index in [1.165, 1.54) is 4.90 Å². The largest absolute Gasteiger partial charge is 0.631 e. The third-order valence-corrected chi connectivity index (χ3v) is 8.57. The van der Waals surface area contributed by atoms with E-state index in [2.05, 4.69) is 21.9 Å². The fraction of sp³-hybridized carbons (Fsp3) is 0.231. The molecule has 3 unspecified atom stereocenters. The molecule has 52 heavy (non-hydrogen) atoms. The van der Waals surface area contributed by atoms with Gasteiger partial charge in [-0.1, -0.05) is 84.6 Å². The summed E-state index contributed by atoms with van der Waals surface area (Å²) in [5.41, 5.74) is 8.90. The van der Waals surface area contributed by atoms with Gasteiger partial charge in [-0.2, -0.15) is 13.2 Å². The zero-order valence-corrected chi connectivity index (χ0v) is 28.3. The summed E-state index contributed by atoms with van der Waals surface area (Å²) >= 11 is 0. The molecule has 0 aliphatic carbocycles. The third kappa shape index (κ3) is 8.48. The molecule has 4 aromatic carbocycles. The van der Waals surface area contributed by atoms with Crippen LogP contribution in [0.3, 0.4) is 0 Å². The topological polar surface area (TPSA) is 149 Å². The molecule has 0 spiro atoms. The normalized spacial score (nSPS) is 17.6. The van der Waals surface area contributed by atoms with E-state index in [-0.39, 0.29) is 11.5 Å². The molecule has 1 amide bonds. The molecular formula is C39H36F3N5O5. The Morgan fingerprint density at radius 2 is 1.62 bits per heavy atom. The fourth-order valence-corrected chi connectivity index (χ4v) is 6.33. The van der Waals surface area contributed by atoms with E-state index in [4.69, 9.17) is 11.1 Å². The molecular weight excluding hydrogens is 675 g/mol. The molecule has 0 bridgehead atoms. The molecule has 268 valence electrons. The predicted octanol–water partition coefficient (Wildman–Crippen LogP) is 6.14. The van der Waals surface area contributed by atoms with Gasteiger partial charge in [0.25, 0.3) is 5.91 Å². The number of alkyl halides is 3. The number of ether oxygens (including phenoxy) is 1. The molecule has 0 fully saturated rings. The number of guanidine groups is 1. The van der Waals surface area contributed by atoms with Gasteiger partial charge in [0.1, 0.15) is 19.0 Å². The van der Waals surface area contributed by atoms with E-state index in [9.17, 15) is 27.6 Å². The van der Waals surface area contributed by atoms with Crippen molar-refractivity contribution >= 4 is 29.5 Å². The predicted molar refractivity (Wildman–Crippen MR) is 188 cm³/mol. The van der Waals surface area contributed by atoms with Gasteiger partial charge in [0, 0.05) is 40.4 Å². The molecule has 1 heterocycles. The number of hydrogen-bond acceptors (Lipinski definition) is 6. The van der Waals surface area contributed by atoms with Crippen LogP contribution in [0.2, 0.25) is 0 Å². The van der Waals surface area contributed by atoms with Gasteiger partial charge in [0.2, 0.25) is 0 Å². The van der Waals surface area contributed by atoms with Gasteiger partial charge in [-0.3, -0.25) is 15.0 Å². The van der Waals surface area contributed by atoms with Crippen molar-refractivity contribution in [3.63, 3.8) is 0 Å². The van der Waals surface area contributed by atoms with Crippen molar-refractivity contribution < 1.29 is 36.9 Å². The number of anilines is 1. The number of rotatable bonds is 8. The Kier molecular flexibility index (Phi) is 11.1. The SMILES string of the molecule is CC(C)N1C(=O)C(c2ccccc2)[N+]([O-])(C(CC(=O)OC(=O)C(F)(F)F)c2ccccc2)Cc2cc(C#Cc3cccc(CNC(=N)N)c3)ccc21. The van der Waals surface area contributed by atoms with Crippen LogP contribution in [0.25, 0.3) is 0 Å². The molecule has 1 aliphatic rings. The van der Waals surface area contributed by atoms with Crippen LogP contribution in [0.15, 0.2) is 103 Å². The van der Waals surface area contributed by atoms with Crippen LogP contribution < -0.4 is 16.0 Å². The zero-order valence-electron chi connectivity index (χ0n) is 28.3. The van der Waals surface area contributed by atoms with E-state index in [1.807, 2.05) is 24.3 Å². The van der Waals surface area contributed by atoms with Crippen LogP contribution in [0.4, 0.5) is 18.9 Å². The van der Waals surface area contributed by atoms with Crippen LogP contribution >= 0.6 is 0 Å². The van der Waals surface area contributed by atoms with Gasteiger partial charge in [0.05, 0.1) is 5.69 Å². The number of hydroxylamine groups is 3. The summed E-state index contributed by atoms with van der Waals surface area (Å²) in [6.45, 7) is 3.52. The van der Waals surface area contributed by atoms with Crippen LogP contribution in [-0.2, 0) is 32.2 Å². The Balaban J connectivity index is 1.65. The Morgan fingerprint density at radius 3 is 2.23 bits per heavy atom. The van der Waals surface area contributed by atoms with Gasteiger partial charge in [-0.15, -0.1) is 0 Å². The molecule has 4 aromatic rings. The van der Waals surface area contributed by atoms with E-state index in [0.29, 0.717) is 34.5 Å². The van der Waals surface area contributed by atoms with Crippen molar-refractivity contribution in [2.24, 2.45) is 5.73 Å². The van der Waals surface area contributed by atoms with Crippen molar-refractivity contribution in [3.05, 3.63) is 142 Å². The second-order valence-corrected chi connectivity index (χ2v) is 12.6. The van der Waals surface area contributed by atoms with Crippen molar-refractivity contribution in [2.75, 3.05) is 4.90 Å².